The van der Waals surface area contributed by atoms with Crippen molar-refractivity contribution in [2.45, 2.75) is 60.5 Å². The molecule has 0 saturated carbocycles. The Morgan fingerprint density at radius 2 is 1.81 bits per heavy atom. The number of carbonyl (C=O) groups is 2. The molecule has 0 radical (unpaired) electrons. The summed E-state index contributed by atoms with van der Waals surface area (Å²) >= 11 is 0. The third kappa shape index (κ3) is 5.23. The molecule has 0 atom stereocenters. The van der Waals surface area contributed by atoms with Gasteiger partial charge in [-0.05, 0) is 57.4 Å². The summed E-state index contributed by atoms with van der Waals surface area (Å²) in [7, 11) is 0. The molecule has 1 aliphatic rings. The van der Waals surface area contributed by atoms with E-state index in [4.69, 9.17) is 4.74 Å². The van der Waals surface area contributed by atoms with E-state index in [-0.39, 0.29) is 29.3 Å². The number of amides is 2. The fraction of sp³-hybridized carbons (Fsp3) is 0.619. The van der Waals surface area contributed by atoms with Gasteiger partial charge in [0.2, 0.25) is 11.8 Å². The van der Waals surface area contributed by atoms with Crippen LogP contribution in [0.2, 0.25) is 0 Å². The van der Waals surface area contributed by atoms with E-state index in [0.29, 0.717) is 25.9 Å². The molecule has 1 saturated heterocycles. The van der Waals surface area contributed by atoms with Crippen molar-refractivity contribution >= 4 is 17.5 Å². The van der Waals surface area contributed by atoms with Crippen LogP contribution in [-0.2, 0) is 9.59 Å². The maximum atomic E-state index is 12.6. The van der Waals surface area contributed by atoms with Crippen molar-refractivity contribution in [2.24, 2.45) is 11.3 Å². The van der Waals surface area contributed by atoms with Crippen LogP contribution in [0.15, 0.2) is 18.2 Å². The molecule has 5 heteroatoms. The van der Waals surface area contributed by atoms with Crippen LogP contribution in [0.3, 0.4) is 0 Å². The lowest BCUT2D eigenvalue weighted by molar-refractivity contribution is -0.142. The molecule has 1 N–H and O–H groups in total. The molecule has 26 heavy (non-hydrogen) atoms. The molecular formula is C21H32N2O3. The van der Waals surface area contributed by atoms with Gasteiger partial charge in [-0.25, -0.2) is 0 Å². The predicted octanol–water partition coefficient (Wildman–Crippen LogP) is 4.01. The minimum atomic E-state index is -0.369. The lowest BCUT2D eigenvalue weighted by Gasteiger charge is -2.35. The Kier molecular flexibility index (Phi) is 6.32. The number of benzene rings is 1. The number of carbonyl (C=O) groups excluding carboxylic acids is 2. The summed E-state index contributed by atoms with van der Waals surface area (Å²) in [6.45, 7) is 13.0. The van der Waals surface area contributed by atoms with Crippen LogP contribution in [0, 0.1) is 18.3 Å². The highest BCUT2D eigenvalue weighted by molar-refractivity contribution is 5.93. The highest BCUT2D eigenvalue weighted by atomic mass is 16.5. The van der Waals surface area contributed by atoms with Crippen molar-refractivity contribution in [3.05, 3.63) is 23.8 Å². The van der Waals surface area contributed by atoms with Gasteiger partial charge in [-0.2, -0.15) is 0 Å². The quantitative estimate of drug-likeness (QED) is 0.883. The Hall–Kier alpha value is -2.04. The Balaban J connectivity index is 1.92. The van der Waals surface area contributed by atoms with Gasteiger partial charge in [-0.15, -0.1) is 0 Å². The third-order valence-electron chi connectivity index (χ3n) is 4.62. The molecule has 1 aromatic rings. The molecule has 0 bridgehead atoms. The number of aryl methyl sites for hydroxylation is 1. The number of hydrogen-bond donors (Lipinski definition) is 1. The predicted molar refractivity (Wildman–Crippen MR) is 104 cm³/mol. The molecule has 0 unspecified atom stereocenters. The van der Waals surface area contributed by atoms with Crippen molar-refractivity contribution in [1.82, 2.24) is 4.90 Å². The molecule has 0 aromatic heterocycles. The number of likely N-dealkylation sites (tertiary alicyclic amines) is 1. The first-order valence-electron chi connectivity index (χ1n) is 9.45. The number of hydrogen-bond acceptors (Lipinski definition) is 3. The van der Waals surface area contributed by atoms with E-state index in [9.17, 15) is 9.59 Å². The van der Waals surface area contributed by atoms with E-state index >= 15 is 0 Å². The summed E-state index contributed by atoms with van der Waals surface area (Å²) in [5.74, 6) is 0.955. The summed E-state index contributed by atoms with van der Waals surface area (Å²) in [5, 5.41) is 3.04. The van der Waals surface area contributed by atoms with Gasteiger partial charge in [-0.3, -0.25) is 9.59 Å². The van der Waals surface area contributed by atoms with E-state index in [1.807, 2.05) is 64.6 Å². The molecule has 2 rings (SSSR count). The van der Waals surface area contributed by atoms with Gasteiger partial charge >= 0.3 is 0 Å². The number of anilines is 1. The Morgan fingerprint density at radius 1 is 1.19 bits per heavy atom. The van der Waals surface area contributed by atoms with Gasteiger partial charge in [0.25, 0.3) is 0 Å². The minimum Gasteiger partial charge on any atom is -0.491 e. The SMILES string of the molecule is Cc1cc(OC(C)C)ccc1NC(=O)C1CCN(C(=O)C(C)(C)C)CC1. The fourth-order valence-electron chi connectivity index (χ4n) is 3.18. The highest BCUT2D eigenvalue weighted by Crippen LogP contribution is 2.26. The van der Waals surface area contributed by atoms with E-state index in [2.05, 4.69) is 5.32 Å². The monoisotopic (exact) mass is 360 g/mol. The number of nitrogens with one attached hydrogen (secondary N) is 1. The van der Waals surface area contributed by atoms with Crippen LogP contribution in [0.4, 0.5) is 5.69 Å². The second-order valence-electron chi connectivity index (χ2n) is 8.45. The van der Waals surface area contributed by atoms with E-state index < -0.39 is 0 Å². The van der Waals surface area contributed by atoms with Gasteiger partial charge in [0.05, 0.1) is 6.10 Å². The second-order valence-corrected chi connectivity index (χ2v) is 8.45. The summed E-state index contributed by atoms with van der Waals surface area (Å²) in [5.41, 5.74) is 1.43. The number of piperidine rings is 1. The molecule has 1 aromatic carbocycles. The zero-order chi connectivity index (χ0) is 19.5. The van der Waals surface area contributed by atoms with Crippen molar-refractivity contribution in [1.29, 1.82) is 0 Å². The molecule has 2 amide bonds. The van der Waals surface area contributed by atoms with Crippen molar-refractivity contribution in [2.75, 3.05) is 18.4 Å². The summed E-state index contributed by atoms with van der Waals surface area (Å²) in [6, 6.07) is 5.72. The maximum absolute atomic E-state index is 12.6. The van der Waals surface area contributed by atoms with Gasteiger partial charge in [-0.1, -0.05) is 20.8 Å². The first kappa shape index (κ1) is 20.3. The molecular weight excluding hydrogens is 328 g/mol. The van der Waals surface area contributed by atoms with Crippen LogP contribution in [0.5, 0.6) is 5.75 Å². The average Bonchev–Trinajstić information content (AvgIpc) is 2.55. The topological polar surface area (TPSA) is 58.6 Å². The molecule has 1 heterocycles. The first-order valence-corrected chi connectivity index (χ1v) is 9.45. The minimum absolute atomic E-state index is 0.0356. The zero-order valence-corrected chi connectivity index (χ0v) is 16.9. The first-order chi connectivity index (χ1) is 12.1. The molecule has 0 aliphatic carbocycles. The molecule has 1 aliphatic heterocycles. The second kappa shape index (κ2) is 8.11. The van der Waals surface area contributed by atoms with Crippen LogP contribution in [-0.4, -0.2) is 35.9 Å². The van der Waals surface area contributed by atoms with Crippen LogP contribution >= 0.6 is 0 Å². The Labute approximate surface area is 157 Å². The summed E-state index contributed by atoms with van der Waals surface area (Å²) in [4.78, 5) is 26.8. The molecule has 5 nitrogen and oxygen atoms in total. The van der Waals surface area contributed by atoms with E-state index in [0.717, 1.165) is 17.0 Å². The van der Waals surface area contributed by atoms with Gasteiger partial charge in [0, 0.05) is 30.1 Å². The molecule has 0 spiro atoms. The van der Waals surface area contributed by atoms with E-state index in [1.165, 1.54) is 0 Å². The third-order valence-corrected chi connectivity index (χ3v) is 4.62. The highest BCUT2D eigenvalue weighted by Gasteiger charge is 2.32. The summed E-state index contributed by atoms with van der Waals surface area (Å²) < 4.78 is 5.68. The van der Waals surface area contributed by atoms with Gasteiger partial charge in [0.1, 0.15) is 5.75 Å². The fourth-order valence-corrected chi connectivity index (χ4v) is 3.18. The van der Waals surface area contributed by atoms with E-state index in [1.54, 1.807) is 0 Å². The number of nitrogens with zero attached hydrogens (tertiary/aromatic N) is 1. The Bertz CT molecular complexity index is 654. The van der Waals surface area contributed by atoms with Gasteiger partial charge in [0.15, 0.2) is 0 Å². The molecule has 1 fully saturated rings. The van der Waals surface area contributed by atoms with Crippen molar-refractivity contribution in [3.63, 3.8) is 0 Å². The van der Waals surface area contributed by atoms with Crippen molar-refractivity contribution < 1.29 is 14.3 Å². The van der Waals surface area contributed by atoms with Crippen LogP contribution in [0.25, 0.3) is 0 Å². The smallest absolute Gasteiger partial charge is 0.227 e. The average molecular weight is 360 g/mol. The standard InChI is InChI=1S/C21H32N2O3/c1-14(2)26-17-7-8-18(15(3)13-17)22-19(24)16-9-11-23(12-10-16)20(25)21(4,5)6/h7-8,13-14,16H,9-12H2,1-6H3,(H,22,24). The van der Waals surface area contributed by atoms with Gasteiger partial charge < -0.3 is 15.0 Å². The van der Waals surface area contributed by atoms with Crippen molar-refractivity contribution in [3.8, 4) is 5.75 Å². The van der Waals surface area contributed by atoms with Crippen LogP contribution < -0.4 is 10.1 Å². The Morgan fingerprint density at radius 3 is 2.31 bits per heavy atom. The zero-order valence-electron chi connectivity index (χ0n) is 16.9. The number of ether oxygens (including phenoxy) is 1. The molecule has 144 valence electrons. The van der Waals surface area contributed by atoms with Crippen LogP contribution in [0.1, 0.15) is 53.0 Å². The lowest BCUT2D eigenvalue weighted by Crippen LogP contribution is -2.45. The largest absolute Gasteiger partial charge is 0.491 e. The summed E-state index contributed by atoms with van der Waals surface area (Å²) in [6.07, 6.45) is 1.54. The number of rotatable bonds is 4. The lowest BCUT2D eigenvalue weighted by atomic mass is 9.90. The maximum Gasteiger partial charge on any atom is 0.227 e. The normalized spacial score (nSPS) is 15.9.